The molecule has 2 radical (unpaired) electrons. The van der Waals surface area contributed by atoms with Gasteiger partial charge in [-0.25, -0.2) is 10.0 Å². The maximum Gasteiger partial charge on any atom is 0.422 e. The van der Waals surface area contributed by atoms with Crippen molar-refractivity contribution in [1.82, 2.24) is 19.9 Å². The first-order valence-corrected chi connectivity index (χ1v) is 6.72. The normalized spacial score (nSPS) is 18.8. The molecule has 100 valence electrons. The second-order valence-corrected chi connectivity index (χ2v) is 5.09. The predicted octanol–water partition coefficient (Wildman–Crippen LogP) is 0.590. The van der Waals surface area contributed by atoms with Gasteiger partial charge in [-0.15, -0.1) is 0 Å². The molecule has 1 aliphatic heterocycles. The topological polar surface area (TPSA) is 58.6 Å². The standard InChI is InChI=1S/C13H13N4O2.Al/c1-16-6-12-10(13(7-16)17(19)8-18)4-9-2-3-14-5-11(9)15-12;/h2-5,8,13H,6-7H2,1H3;/q-1;+1. The summed E-state index contributed by atoms with van der Waals surface area (Å²) in [6.07, 6.45) is 4.18. The number of hydrogen-bond donors (Lipinski definition) is 0. The minimum Gasteiger partial charge on any atom is -0.426 e. The summed E-state index contributed by atoms with van der Waals surface area (Å²) in [4.78, 5) is 22.0. The van der Waals surface area contributed by atoms with E-state index in [4.69, 9.17) is 3.89 Å². The lowest BCUT2D eigenvalue weighted by Crippen LogP contribution is -2.40. The summed E-state index contributed by atoms with van der Waals surface area (Å²) < 4.78 is 5.07. The second-order valence-electron chi connectivity index (χ2n) is 4.88. The van der Waals surface area contributed by atoms with Crippen LogP contribution >= 0.6 is 0 Å². The van der Waals surface area contributed by atoms with E-state index in [9.17, 15) is 4.79 Å². The predicted molar refractivity (Wildman–Crippen MR) is 73.4 cm³/mol. The molecule has 2 aromatic heterocycles. The van der Waals surface area contributed by atoms with Crippen LogP contribution in [0.3, 0.4) is 0 Å². The van der Waals surface area contributed by atoms with Crippen LogP contribution in [0, 0.1) is 0 Å². The van der Waals surface area contributed by atoms with Crippen molar-refractivity contribution >= 4 is 33.9 Å². The number of likely N-dealkylation sites (N-methyl/N-ethyl adjacent to an activating group) is 1. The highest BCUT2D eigenvalue weighted by Gasteiger charge is 2.29. The van der Waals surface area contributed by atoms with E-state index in [-0.39, 0.29) is 6.04 Å². The maximum absolute atomic E-state index is 11.2. The summed E-state index contributed by atoms with van der Waals surface area (Å²) in [5.74, 6) is 0. The number of nitrogens with zero attached hydrogens (tertiary/aromatic N) is 4. The molecule has 3 heterocycles. The van der Waals surface area contributed by atoms with Crippen LogP contribution in [-0.2, 0) is 15.2 Å². The van der Waals surface area contributed by atoms with Crippen LogP contribution in [-0.4, -0.2) is 56.6 Å². The molecule has 0 fully saturated rings. The summed E-state index contributed by atoms with van der Waals surface area (Å²) >= 11 is 2.11. The third-order valence-corrected chi connectivity index (χ3v) is 3.77. The lowest BCUT2D eigenvalue weighted by Gasteiger charge is -2.36. The third-order valence-electron chi connectivity index (χ3n) is 3.53. The zero-order chi connectivity index (χ0) is 14.1. The van der Waals surface area contributed by atoms with Crippen LogP contribution in [0.15, 0.2) is 24.5 Å². The molecule has 6 nitrogen and oxygen atoms in total. The van der Waals surface area contributed by atoms with Crippen LogP contribution < -0.4 is 0 Å². The van der Waals surface area contributed by atoms with Gasteiger partial charge in [0.1, 0.15) is 0 Å². The van der Waals surface area contributed by atoms with E-state index >= 15 is 0 Å². The van der Waals surface area contributed by atoms with Crippen molar-refractivity contribution < 1.29 is 8.68 Å². The Morgan fingerprint density at radius 2 is 2.45 bits per heavy atom. The number of aromatic nitrogens is 2. The monoisotopic (exact) mass is 284 g/mol. The fraction of sp³-hybridized carbons (Fsp3) is 0.308. The highest BCUT2D eigenvalue weighted by molar-refractivity contribution is 5.98. The Hall–Kier alpha value is -1.52. The van der Waals surface area contributed by atoms with E-state index in [0.717, 1.165) is 28.7 Å². The Bertz CT molecular complexity index is 651. The number of carbonyl (C=O) groups excluding carboxylic acids is 1. The summed E-state index contributed by atoms with van der Waals surface area (Å²) in [5.41, 5.74) is 2.85. The number of carbonyl (C=O) groups is 1. The fourth-order valence-corrected chi connectivity index (χ4v) is 2.79. The minimum atomic E-state index is -0.163. The van der Waals surface area contributed by atoms with Crippen LogP contribution in [0.1, 0.15) is 17.3 Å². The van der Waals surface area contributed by atoms with E-state index in [1.165, 1.54) is 5.06 Å². The molecule has 7 heteroatoms. The lowest BCUT2D eigenvalue weighted by atomic mass is 9.98. The fourth-order valence-electron chi connectivity index (χ4n) is 2.59. The third kappa shape index (κ3) is 2.30. The molecule has 0 saturated heterocycles. The largest absolute Gasteiger partial charge is 0.426 e. The van der Waals surface area contributed by atoms with Crippen molar-refractivity contribution in [3.63, 3.8) is 0 Å². The van der Waals surface area contributed by atoms with Gasteiger partial charge in [0.05, 0.1) is 23.4 Å². The first-order chi connectivity index (χ1) is 9.72. The number of amides is 1. The van der Waals surface area contributed by atoms with Gasteiger partial charge in [-0.2, -0.15) is 0 Å². The van der Waals surface area contributed by atoms with E-state index in [1.807, 2.05) is 13.1 Å². The van der Waals surface area contributed by atoms with Gasteiger partial charge in [0, 0.05) is 30.2 Å². The summed E-state index contributed by atoms with van der Waals surface area (Å²) in [6.45, 7) is 1.46. The molecule has 1 aliphatic rings. The van der Waals surface area contributed by atoms with Gasteiger partial charge in [-0.1, -0.05) is 0 Å². The van der Waals surface area contributed by atoms with Crippen molar-refractivity contribution in [3.05, 3.63) is 35.8 Å². The quantitative estimate of drug-likeness (QED) is 0.469. The van der Waals surface area contributed by atoms with Gasteiger partial charge in [0.15, 0.2) is 0 Å². The Morgan fingerprint density at radius 1 is 1.60 bits per heavy atom. The van der Waals surface area contributed by atoms with Crippen LogP contribution in [0.25, 0.3) is 10.9 Å². The van der Waals surface area contributed by atoms with Gasteiger partial charge < -0.3 is 3.89 Å². The molecule has 3 rings (SSSR count). The molecule has 0 aliphatic carbocycles. The minimum absolute atomic E-state index is 0.163. The molecule has 0 aromatic carbocycles. The molecule has 0 saturated carbocycles. The van der Waals surface area contributed by atoms with Crippen molar-refractivity contribution in [2.24, 2.45) is 0 Å². The van der Waals surface area contributed by atoms with Crippen molar-refractivity contribution in [3.8, 4) is 0 Å². The van der Waals surface area contributed by atoms with E-state index in [1.54, 1.807) is 12.4 Å². The Balaban J connectivity index is 2.14. The molecule has 0 N–H and O–H groups in total. The number of fused-ring (bicyclic) bond motifs is 2. The van der Waals surface area contributed by atoms with Crippen molar-refractivity contribution in [2.45, 2.75) is 12.6 Å². The number of rotatable bonds is 3. The molecular weight excluding hydrogens is 271 g/mol. The summed E-state index contributed by atoms with van der Waals surface area (Å²) in [5, 5.41) is 2.32. The molecule has 1 amide bonds. The maximum atomic E-state index is 11.2. The van der Waals surface area contributed by atoms with Crippen molar-refractivity contribution in [1.29, 1.82) is 0 Å². The Kier molecular flexibility index (Phi) is 3.68. The number of hydrogen-bond acceptors (Lipinski definition) is 5. The molecule has 20 heavy (non-hydrogen) atoms. The van der Waals surface area contributed by atoms with Crippen LogP contribution in [0.4, 0.5) is 0 Å². The smallest absolute Gasteiger partial charge is 0.422 e. The van der Waals surface area contributed by atoms with Crippen LogP contribution in [0.2, 0.25) is 0 Å². The van der Waals surface area contributed by atoms with Crippen molar-refractivity contribution in [2.75, 3.05) is 13.6 Å². The van der Waals surface area contributed by atoms with E-state index in [0.29, 0.717) is 13.0 Å². The van der Waals surface area contributed by atoms with E-state index in [2.05, 4.69) is 37.6 Å². The Labute approximate surface area is 125 Å². The van der Waals surface area contributed by atoms with Gasteiger partial charge in [0.25, 0.3) is 0 Å². The Morgan fingerprint density at radius 3 is 3.20 bits per heavy atom. The number of pyridine rings is 2. The second kappa shape index (κ2) is 5.46. The summed E-state index contributed by atoms with van der Waals surface area (Å²) in [6, 6.07) is 3.82. The molecular formula is C13H13AlN4O2. The summed E-state index contributed by atoms with van der Waals surface area (Å²) in [7, 11) is 2.00. The molecule has 1 atom stereocenters. The lowest BCUT2D eigenvalue weighted by molar-refractivity contribution is -0.152. The van der Waals surface area contributed by atoms with Crippen LogP contribution in [0.5, 0.6) is 0 Å². The zero-order valence-corrected chi connectivity index (χ0v) is 12.2. The SMILES string of the molecule is CN1Cc2nc3cnccc3cc2C(N(C=O)[O][Al])C1. The first kappa shape index (κ1) is 13.5. The highest BCUT2D eigenvalue weighted by atomic mass is 27.1. The number of hydroxylamine groups is 2. The first-order valence-electron chi connectivity index (χ1n) is 6.25. The molecule has 0 spiro atoms. The average Bonchev–Trinajstić information content (AvgIpc) is 2.46. The van der Waals surface area contributed by atoms with Gasteiger partial charge in [-0.05, 0) is 19.2 Å². The zero-order valence-electron chi connectivity index (χ0n) is 11.1. The van der Waals surface area contributed by atoms with Gasteiger partial charge in [-0.3, -0.25) is 14.7 Å². The van der Waals surface area contributed by atoms with Gasteiger partial charge >= 0.3 is 16.6 Å². The van der Waals surface area contributed by atoms with Gasteiger partial charge in [0.2, 0.25) is 6.41 Å². The molecule has 0 bridgehead atoms. The van der Waals surface area contributed by atoms with E-state index < -0.39 is 0 Å². The molecule has 2 aromatic rings. The molecule has 1 unspecified atom stereocenters. The average molecular weight is 284 g/mol. The highest BCUT2D eigenvalue weighted by Crippen LogP contribution is 2.30.